The highest BCUT2D eigenvalue weighted by Gasteiger charge is 2.12. The van der Waals surface area contributed by atoms with Gasteiger partial charge in [0.05, 0.1) is 7.11 Å². The van der Waals surface area contributed by atoms with Crippen molar-refractivity contribution in [3.05, 3.63) is 28.2 Å². The van der Waals surface area contributed by atoms with Gasteiger partial charge in [-0.15, -0.1) is 0 Å². The fraction of sp³-hybridized carbons (Fsp3) is 0.625. The topological polar surface area (TPSA) is 21.3 Å². The number of methoxy groups -OCH3 is 1. The molecule has 0 aliphatic carbocycles. The van der Waals surface area contributed by atoms with Crippen LogP contribution in [0.2, 0.25) is 0 Å². The van der Waals surface area contributed by atoms with Crippen LogP contribution in [0, 0.1) is 5.92 Å². The molecule has 2 atom stereocenters. The number of ether oxygens (including phenoxy) is 1. The molecule has 0 radical (unpaired) electrons. The van der Waals surface area contributed by atoms with E-state index in [-0.39, 0.29) is 0 Å². The molecule has 1 N–H and O–H groups in total. The van der Waals surface area contributed by atoms with E-state index in [9.17, 15) is 0 Å². The molecule has 108 valence electrons. The highest BCUT2D eigenvalue weighted by molar-refractivity contribution is 9.10. The number of benzene rings is 1. The molecule has 0 amide bonds. The van der Waals surface area contributed by atoms with Crippen molar-refractivity contribution in [3.63, 3.8) is 0 Å². The minimum absolute atomic E-state index is 0.577. The molecular formula is C16H26BrNO. The van der Waals surface area contributed by atoms with Crippen molar-refractivity contribution in [2.45, 2.75) is 46.1 Å². The van der Waals surface area contributed by atoms with E-state index in [0.29, 0.717) is 12.0 Å². The zero-order valence-corrected chi connectivity index (χ0v) is 14.1. The van der Waals surface area contributed by atoms with Crippen molar-refractivity contribution in [2.75, 3.05) is 13.7 Å². The van der Waals surface area contributed by atoms with Crippen LogP contribution in [0.1, 0.15) is 39.2 Å². The van der Waals surface area contributed by atoms with Gasteiger partial charge in [-0.1, -0.05) is 29.8 Å². The number of halogens is 1. The third-order valence-electron chi connectivity index (χ3n) is 3.31. The van der Waals surface area contributed by atoms with Gasteiger partial charge in [0.1, 0.15) is 5.75 Å². The first-order chi connectivity index (χ1) is 9.06. The van der Waals surface area contributed by atoms with Gasteiger partial charge < -0.3 is 10.1 Å². The van der Waals surface area contributed by atoms with Crippen LogP contribution in [0.5, 0.6) is 5.75 Å². The number of hydrogen-bond donors (Lipinski definition) is 1. The average molecular weight is 328 g/mol. The molecule has 1 aromatic rings. The van der Waals surface area contributed by atoms with Gasteiger partial charge in [-0.3, -0.25) is 0 Å². The van der Waals surface area contributed by atoms with E-state index in [2.05, 4.69) is 48.1 Å². The normalized spacial score (nSPS) is 14.2. The lowest BCUT2D eigenvalue weighted by atomic mass is 9.94. The average Bonchev–Trinajstić information content (AvgIpc) is 2.36. The van der Waals surface area contributed by atoms with Crippen LogP contribution in [0.4, 0.5) is 0 Å². The van der Waals surface area contributed by atoms with Crippen molar-refractivity contribution in [1.29, 1.82) is 0 Å². The van der Waals surface area contributed by atoms with E-state index in [4.69, 9.17) is 4.74 Å². The van der Waals surface area contributed by atoms with Gasteiger partial charge in [0, 0.05) is 10.5 Å². The van der Waals surface area contributed by atoms with Gasteiger partial charge in [-0.25, -0.2) is 0 Å². The van der Waals surface area contributed by atoms with Gasteiger partial charge in [0.15, 0.2) is 0 Å². The van der Waals surface area contributed by atoms with Gasteiger partial charge in [-0.05, 0) is 62.4 Å². The highest BCUT2D eigenvalue weighted by Crippen LogP contribution is 2.26. The molecule has 3 heteroatoms. The molecule has 0 heterocycles. The maximum absolute atomic E-state index is 5.43. The minimum Gasteiger partial charge on any atom is -0.496 e. The van der Waals surface area contributed by atoms with Crippen LogP contribution in [-0.2, 0) is 6.42 Å². The summed E-state index contributed by atoms with van der Waals surface area (Å²) in [6.07, 6.45) is 3.44. The summed E-state index contributed by atoms with van der Waals surface area (Å²) in [5.74, 6) is 1.63. The molecule has 0 aromatic heterocycles. The molecular weight excluding hydrogens is 302 g/mol. The van der Waals surface area contributed by atoms with Crippen molar-refractivity contribution in [3.8, 4) is 5.75 Å². The summed E-state index contributed by atoms with van der Waals surface area (Å²) in [4.78, 5) is 0. The first-order valence-electron chi connectivity index (χ1n) is 7.12. The van der Waals surface area contributed by atoms with E-state index < -0.39 is 0 Å². The fourth-order valence-electron chi connectivity index (χ4n) is 2.44. The summed E-state index contributed by atoms with van der Waals surface area (Å²) in [6, 6.07) is 6.80. The molecule has 0 fully saturated rings. The first kappa shape index (κ1) is 16.5. The lowest BCUT2D eigenvalue weighted by molar-refractivity contribution is 0.392. The summed E-state index contributed by atoms with van der Waals surface area (Å²) in [7, 11) is 1.74. The van der Waals surface area contributed by atoms with Crippen LogP contribution in [0.25, 0.3) is 0 Å². The first-order valence-corrected chi connectivity index (χ1v) is 7.91. The van der Waals surface area contributed by atoms with Crippen LogP contribution >= 0.6 is 15.9 Å². The third-order valence-corrected chi connectivity index (χ3v) is 3.80. The molecule has 0 saturated heterocycles. The molecule has 19 heavy (non-hydrogen) atoms. The number of nitrogens with one attached hydrogen (secondary N) is 1. The molecule has 1 aromatic carbocycles. The van der Waals surface area contributed by atoms with Crippen molar-refractivity contribution in [2.24, 2.45) is 5.92 Å². The molecule has 1 rings (SSSR count). The van der Waals surface area contributed by atoms with E-state index >= 15 is 0 Å². The molecule has 0 aliphatic rings. The van der Waals surface area contributed by atoms with Crippen LogP contribution < -0.4 is 10.1 Å². The van der Waals surface area contributed by atoms with Crippen LogP contribution in [0.3, 0.4) is 0 Å². The summed E-state index contributed by atoms with van der Waals surface area (Å²) in [5, 5.41) is 3.55. The van der Waals surface area contributed by atoms with Crippen LogP contribution in [0.15, 0.2) is 22.7 Å². The quantitative estimate of drug-likeness (QED) is 0.763. The number of rotatable bonds is 8. The summed E-state index contributed by atoms with van der Waals surface area (Å²) < 4.78 is 6.55. The van der Waals surface area contributed by atoms with E-state index in [1.54, 1.807) is 7.11 Å². The van der Waals surface area contributed by atoms with Gasteiger partial charge >= 0.3 is 0 Å². The van der Waals surface area contributed by atoms with Crippen molar-refractivity contribution in [1.82, 2.24) is 5.32 Å². The third kappa shape index (κ3) is 5.96. The van der Waals surface area contributed by atoms with E-state index in [1.165, 1.54) is 18.4 Å². The summed E-state index contributed by atoms with van der Waals surface area (Å²) in [5.41, 5.74) is 1.28. The predicted molar refractivity (Wildman–Crippen MR) is 85.9 cm³/mol. The Hall–Kier alpha value is -0.540. The van der Waals surface area contributed by atoms with E-state index in [1.807, 2.05) is 12.1 Å². The fourth-order valence-corrected chi connectivity index (χ4v) is 2.85. The Balaban J connectivity index is 2.56. The molecule has 2 nitrogen and oxygen atoms in total. The predicted octanol–water partition coefficient (Wildman–Crippen LogP) is 4.41. The smallest absolute Gasteiger partial charge is 0.122 e. The van der Waals surface area contributed by atoms with Crippen molar-refractivity contribution < 1.29 is 4.74 Å². The maximum Gasteiger partial charge on any atom is 0.122 e. The Morgan fingerprint density at radius 1 is 1.32 bits per heavy atom. The molecule has 0 saturated carbocycles. The Labute approximate surface area is 126 Å². The second kappa shape index (κ2) is 8.60. The number of hydrogen-bond acceptors (Lipinski definition) is 2. The SMILES string of the molecule is CCCNC(C)CC(C)Cc1cc(Br)ccc1OC. The molecule has 0 bridgehead atoms. The zero-order valence-electron chi connectivity index (χ0n) is 12.5. The second-order valence-corrected chi connectivity index (χ2v) is 6.27. The Bertz CT molecular complexity index is 381. The Kier molecular flexibility index (Phi) is 7.47. The Morgan fingerprint density at radius 2 is 2.05 bits per heavy atom. The van der Waals surface area contributed by atoms with Crippen LogP contribution in [-0.4, -0.2) is 19.7 Å². The van der Waals surface area contributed by atoms with Gasteiger partial charge in [0.2, 0.25) is 0 Å². The highest BCUT2D eigenvalue weighted by atomic mass is 79.9. The van der Waals surface area contributed by atoms with Gasteiger partial charge in [0.25, 0.3) is 0 Å². The maximum atomic E-state index is 5.43. The molecule has 0 spiro atoms. The summed E-state index contributed by atoms with van der Waals surface area (Å²) in [6.45, 7) is 7.89. The van der Waals surface area contributed by atoms with Gasteiger partial charge in [-0.2, -0.15) is 0 Å². The lowest BCUT2D eigenvalue weighted by Crippen LogP contribution is -2.28. The van der Waals surface area contributed by atoms with Crippen molar-refractivity contribution >= 4 is 15.9 Å². The minimum atomic E-state index is 0.577. The van der Waals surface area contributed by atoms with E-state index in [0.717, 1.165) is 23.2 Å². The monoisotopic (exact) mass is 327 g/mol. The zero-order chi connectivity index (χ0) is 14.3. The Morgan fingerprint density at radius 3 is 2.68 bits per heavy atom. The largest absolute Gasteiger partial charge is 0.496 e. The summed E-state index contributed by atoms with van der Waals surface area (Å²) >= 11 is 3.53. The lowest BCUT2D eigenvalue weighted by Gasteiger charge is -2.19. The standard InChI is InChI=1S/C16H26BrNO/c1-5-8-18-13(3)9-12(2)10-14-11-15(17)6-7-16(14)19-4/h6-7,11-13,18H,5,8-10H2,1-4H3. The molecule has 0 aliphatic heterocycles. The second-order valence-electron chi connectivity index (χ2n) is 5.36. The molecule has 2 unspecified atom stereocenters.